The normalized spacial score (nSPS) is 22.9. The second-order valence-corrected chi connectivity index (χ2v) is 5.13. The maximum absolute atomic E-state index is 9.37. The molecule has 17 heavy (non-hydrogen) atoms. The third kappa shape index (κ3) is 2.25. The number of phenolic OH excluding ortho intramolecular Hbond substituents is 1. The molecule has 1 aliphatic heterocycles. The maximum Gasteiger partial charge on any atom is 0.127 e. The van der Waals surface area contributed by atoms with Crippen molar-refractivity contribution in [1.29, 1.82) is 0 Å². The highest BCUT2D eigenvalue weighted by molar-refractivity contribution is 5.44. The first-order valence-corrected chi connectivity index (χ1v) is 6.52. The van der Waals surface area contributed by atoms with Gasteiger partial charge in [0.15, 0.2) is 0 Å². The van der Waals surface area contributed by atoms with E-state index in [1.165, 1.54) is 31.2 Å². The van der Waals surface area contributed by atoms with E-state index >= 15 is 0 Å². The standard InChI is InChI=1S/C14H19NO2/c16-11-4-5-12-13(9-17-14(12)8-11)15-7-6-10-2-1-3-10/h4-5,8,10,13,15-16H,1-3,6-7,9H2. The molecule has 0 bridgehead atoms. The molecule has 1 unspecified atom stereocenters. The van der Waals surface area contributed by atoms with Crippen LogP contribution in [-0.2, 0) is 0 Å². The molecule has 1 aromatic carbocycles. The summed E-state index contributed by atoms with van der Waals surface area (Å²) in [5, 5.41) is 12.9. The highest BCUT2D eigenvalue weighted by Crippen LogP contribution is 2.35. The Morgan fingerprint density at radius 2 is 2.24 bits per heavy atom. The smallest absolute Gasteiger partial charge is 0.127 e. The van der Waals surface area contributed by atoms with Crippen molar-refractivity contribution in [2.24, 2.45) is 5.92 Å². The van der Waals surface area contributed by atoms with Crippen LogP contribution in [0.3, 0.4) is 0 Å². The van der Waals surface area contributed by atoms with E-state index in [4.69, 9.17) is 4.74 Å². The summed E-state index contributed by atoms with van der Waals surface area (Å²) in [6.45, 7) is 1.75. The molecule has 1 atom stereocenters. The molecule has 1 fully saturated rings. The fraction of sp³-hybridized carbons (Fsp3) is 0.571. The van der Waals surface area contributed by atoms with Crippen LogP contribution in [0.15, 0.2) is 18.2 Å². The maximum atomic E-state index is 9.37. The molecule has 0 aromatic heterocycles. The summed E-state index contributed by atoms with van der Waals surface area (Å²) in [5.74, 6) is 2.05. The minimum Gasteiger partial charge on any atom is -0.508 e. The molecule has 1 aliphatic carbocycles. The van der Waals surface area contributed by atoms with Gasteiger partial charge in [0.05, 0.1) is 6.04 Å². The lowest BCUT2D eigenvalue weighted by Gasteiger charge is -2.25. The molecule has 0 radical (unpaired) electrons. The van der Waals surface area contributed by atoms with Crippen LogP contribution in [0, 0.1) is 5.92 Å². The molecule has 1 saturated carbocycles. The Kier molecular flexibility index (Phi) is 2.93. The monoisotopic (exact) mass is 233 g/mol. The summed E-state index contributed by atoms with van der Waals surface area (Å²) in [6, 6.07) is 5.68. The van der Waals surface area contributed by atoms with E-state index in [1.54, 1.807) is 12.1 Å². The fourth-order valence-electron chi connectivity index (χ4n) is 2.61. The summed E-state index contributed by atoms with van der Waals surface area (Å²) in [5.41, 5.74) is 1.18. The first-order chi connectivity index (χ1) is 8.33. The molecular weight excluding hydrogens is 214 g/mol. The zero-order valence-corrected chi connectivity index (χ0v) is 9.98. The highest BCUT2D eigenvalue weighted by atomic mass is 16.5. The Morgan fingerprint density at radius 1 is 1.35 bits per heavy atom. The van der Waals surface area contributed by atoms with Gasteiger partial charge in [-0.1, -0.05) is 19.3 Å². The van der Waals surface area contributed by atoms with E-state index in [0.717, 1.165) is 18.2 Å². The molecule has 3 heteroatoms. The highest BCUT2D eigenvalue weighted by Gasteiger charge is 2.24. The molecule has 3 nitrogen and oxygen atoms in total. The zero-order valence-electron chi connectivity index (χ0n) is 9.98. The topological polar surface area (TPSA) is 41.5 Å². The van der Waals surface area contributed by atoms with Gasteiger partial charge in [-0.15, -0.1) is 0 Å². The average molecular weight is 233 g/mol. The predicted molar refractivity (Wildman–Crippen MR) is 66.3 cm³/mol. The zero-order chi connectivity index (χ0) is 11.7. The van der Waals surface area contributed by atoms with E-state index in [2.05, 4.69) is 5.32 Å². The first-order valence-electron chi connectivity index (χ1n) is 6.52. The first kappa shape index (κ1) is 10.9. The summed E-state index contributed by atoms with van der Waals surface area (Å²) < 4.78 is 5.57. The number of benzene rings is 1. The number of phenols is 1. The fourth-order valence-corrected chi connectivity index (χ4v) is 2.61. The lowest BCUT2D eigenvalue weighted by atomic mass is 9.83. The van der Waals surface area contributed by atoms with Crippen LogP contribution >= 0.6 is 0 Å². The Bertz CT molecular complexity index is 401. The molecule has 92 valence electrons. The van der Waals surface area contributed by atoms with Crippen LogP contribution in [-0.4, -0.2) is 18.3 Å². The van der Waals surface area contributed by atoms with Gasteiger partial charge in [-0.3, -0.25) is 0 Å². The van der Waals surface area contributed by atoms with Gasteiger partial charge in [-0.2, -0.15) is 0 Å². The van der Waals surface area contributed by atoms with Gasteiger partial charge >= 0.3 is 0 Å². The van der Waals surface area contributed by atoms with Crippen LogP contribution in [0.2, 0.25) is 0 Å². The molecule has 0 amide bonds. The Hall–Kier alpha value is -1.22. The van der Waals surface area contributed by atoms with Crippen molar-refractivity contribution in [3.8, 4) is 11.5 Å². The Labute approximate surface area is 102 Å². The van der Waals surface area contributed by atoms with Crippen molar-refractivity contribution in [2.45, 2.75) is 31.7 Å². The van der Waals surface area contributed by atoms with E-state index < -0.39 is 0 Å². The van der Waals surface area contributed by atoms with Crippen molar-refractivity contribution in [2.75, 3.05) is 13.2 Å². The second kappa shape index (κ2) is 4.57. The number of hydrogen-bond acceptors (Lipinski definition) is 3. The molecular formula is C14H19NO2. The molecule has 2 N–H and O–H groups in total. The van der Waals surface area contributed by atoms with E-state index in [0.29, 0.717) is 12.6 Å². The number of ether oxygens (including phenoxy) is 1. The van der Waals surface area contributed by atoms with Crippen LogP contribution in [0.1, 0.15) is 37.3 Å². The van der Waals surface area contributed by atoms with Gasteiger partial charge in [0.1, 0.15) is 18.1 Å². The van der Waals surface area contributed by atoms with Crippen LogP contribution < -0.4 is 10.1 Å². The third-order valence-electron chi connectivity index (χ3n) is 3.95. The number of hydrogen-bond donors (Lipinski definition) is 2. The van der Waals surface area contributed by atoms with Crippen LogP contribution in [0.4, 0.5) is 0 Å². The van der Waals surface area contributed by atoms with Crippen molar-refractivity contribution >= 4 is 0 Å². The van der Waals surface area contributed by atoms with Gasteiger partial charge in [0.2, 0.25) is 0 Å². The van der Waals surface area contributed by atoms with Crippen molar-refractivity contribution in [1.82, 2.24) is 5.32 Å². The summed E-state index contributed by atoms with van der Waals surface area (Å²) in [6.07, 6.45) is 5.52. The molecule has 0 spiro atoms. The van der Waals surface area contributed by atoms with Crippen LogP contribution in [0.5, 0.6) is 11.5 Å². The van der Waals surface area contributed by atoms with E-state index in [9.17, 15) is 5.11 Å². The summed E-state index contributed by atoms with van der Waals surface area (Å²) in [7, 11) is 0. The van der Waals surface area contributed by atoms with E-state index in [-0.39, 0.29) is 5.75 Å². The molecule has 1 heterocycles. The van der Waals surface area contributed by atoms with Gasteiger partial charge < -0.3 is 15.2 Å². The summed E-state index contributed by atoms with van der Waals surface area (Å²) >= 11 is 0. The Morgan fingerprint density at radius 3 is 3.00 bits per heavy atom. The minimum absolute atomic E-state index is 0.277. The lowest BCUT2D eigenvalue weighted by molar-refractivity contribution is 0.273. The Balaban J connectivity index is 1.55. The van der Waals surface area contributed by atoms with Gasteiger partial charge in [-0.05, 0) is 31.0 Å². The van der Waals surface area contributed by atoms with E-state index in [1.807, 2.05) is 6.07 Å². The SMILES string of the molecule is Oc1ccc2c(c1)OCC2NCCC1CCC1. The number of nitrogens with one attached hydrogen (secondary N) is 1. The summed E-state index contributed by atoms with van der Waals surface area (Å²) in [4.78, 5) is 0. The van der Waals surface area contributed by atoms with Gasteiger partial charge in [-0.25, -0.2) is 0 Å². The number of fused-ring (bicyclic) bond motifs is 1. The van der Waals surface area contributed by atoms with Crippen molar-refractivity contribution < 1.29 is 9.84 Å². The molecule has 0 saturated heterocycles. The van der Waals surface area contributed by atoms with Crippen molar-refractivity contribution in [3.05, 3.63) is 23.8 Å². The van der Waals surface area contributed by atoms with Gasteiger partial charge in [0, 0.05) is 11.6 Å². The second-order valence-electron chi connectivity index (χ2n) is 5.13. The average Bonchev–Trinajstić information content (AvgIpc) is 2.64. The number of aromatic hydroxyl groups is 1. The third-order valence-corrected chi connectivity index (χ3v) is 3.95. The van der Waals surface area contributed by atoms with Gasteiger partial charge in [0.25, 0.3) is 0 Å². The van der Waals surface area contributed by atoms with Crippen LogP contribution in [0.25, 0.3) is 0 Å². The quantitative estimate of drug-likeness (QED) is 0.840. The number of rotatable bonds is 4. The minimum atomic E-state index is 0.277. The predicted octanol–water partition coefficient (Wildman–Crippen LogP) is 2.61. The molecule has 1 aromatic rings. The van der Waals surface area contributed by atoms with Crippen molar-refractivity contribution in [3.63, 3.8) is 0 Å². The molecule has 3 rings (SSSR count). The molecule has 2 aliphatic rings. The largest absolute Gasteiger partial charge is 0.508 e. The lowest BCUT2D eigenvalue weighted by Crippen LogP contribution is -2.26.